The molecule has 2 aliphatic rings. The van der Waals surface area contributed by atoms with Crippen LogP contribution in [0.2, 0.25) is 0 Å². The van der Waals surface area contributed by atoms with Gasteiger partial charge in [0.1, 0.15) is 16.3 Å². The molecular formula is C20H22N6OS. The van der Waals surface area contributed by atoms with Gasteiger partial charge in [0.05, 0.1) is 23.3 Å². The zero-order valence-corrected chi connectivity index (χ0v) is 16.8. The average Bonchev–Trinajstić information content (AvgIpc) is 3.01. The fraction of sp³-hybridized carbons (Fsp3) is 0.450. The number of nitrogens with one attached hydrogen (secondary N) is 1. The van der Waals surface area contributed by atoms with Crippen LogP contribution in [-0.4, -0.2) is 41.7 Å². The molecule has 0 amide bonds. The quantitative estimate of drug-likeness (QED) is 0.544. The number of nitrogens with zero attached hydrogens (tertiary/aromatic N) is 5. The highest BCUT2D eigenvalue weighted by Gasteiger charge is 2.46. The first-order valence-corrected chi connectivity index (χ1v) is 10.6. The molecule has 1 atom stereocenters. The molecule has 1 spiro atoms. The van der Waals surface area contributed by atoms with Crippen LogP contribution in [-0.2, 0) is 7.05 Å². The first-order chi connectivity index (χ1) is 13.5. The minimum absolute atomic E-state index is 0.254. The Kier molecular flexibility index (Phi) is 3.27. The number of aromatic nitrogens is 5. The van der Waals surface area contributed by atoms with Crippen molar-refractivity contribution in [1.29, 1.82) is 0 Å². The van der Waals surface area contributed by atoms with Crippen LogP contribution >= 0.6 is 11.3 Å². The van der Waals surface area contributed by atoms with Crippen molar-refractivity contribution in [3.8, 4) is 16.3 Å². The van der Waals surface area contributed by atoms with E-state index in [1.807, 2.05) is 26.2 Å². The summed E-state index contributed by atoms with van der Waals surface area (Å²) in [7, 11) is 1.89. The molecule has 0 radical (unpaired) electrons. The summed E-state index contributed by atoms with van der Waals surface area (Å²) in [6.45, 7) is 2.97. The van der Waals surface area contributed by atoms with Crippen molar-refractivity contribution in [1.82, 2.24) is 29.9 Å². The topological polar surface area (TPSA) is 80.8 Å². The highest BCUT2D eigenvalue weighted by atomic mass is 32.1. The number of hydrogen-bond acceptors (Lipinski definition) is 6. The Morgan fingerprint density at radius 3 is 2.93 bits per heavy atom. The highest BCUT2D eigenvalue weighted by Crippen LogP contribution is 2.46. The lowest BCUT2D eigenvalue weighted by molar-refractivity contribution is 0.272. The number of thiazole rings is 1. The second-order valence-corrected chi connectivity index (χ2v) is 9.29. The van der Waals surface area contributed by atoms with E-state index < -0.39 is 0 Å². The van der Waals surface area contributed by atoms with Crippen LogP contribution in [0.3, 0.4) is 0 Å². The van der Waals surface area contributed by atoms with Gasteiger partial charge >= 0.3 is 0 Å². The SMILES string of the molecule is Cc1c(O)c(-c2nc3cn([C@@H]4CCNC5(CC5)C4)nc3s2)cc2cn(C)nc12. The minimum atomic E-state index is 0.254. The summed E-state index contributed by atoms with van der Waals surface area (Å²) in [4.78, 5) is 5.73. The van der Waals surface area contributed by atoms with E-state index in [4.69, 9.17) is 10.1 Å². The molecule has 4 heterocycles. The molecule has 0 bridgehead atoms. The molecule has 0 unspecified atom stereocenters. The Hall–Kier alpha value is -2.45. The third-order valence-corrected chi connectivity index (χ3v) is 7.27. The van der Waals surface area contributed by atoms with Crippen LogP contribution < -0.4 is 5.32 Å². The maximum atomic E-state index is 10.7. The average molecular weight is 395 g/mol. The van der Waals surface area contributed by atoms with Crippen molar-refractivity contribution >= 4 is 32.6 Å². The molecule has 8 heteroatoms. The molecule has 1 saturated heterocycles. The van der Waals surface area contributed by atoms with Gasteiger partial charge in [-0.1, -0.05) is 11.3 Å². The summed E-state index contributed by atoms with van der Waals surface area (Å²) < 4.78 is 3.89. The smallest absolute Gasteiger partial charge is 0.166 e. The lowest BCUT2D eigenvalue weighted by Crippen LogP contribution is -2.40. The fourth-order valence-electron chi connectivity index (χ4n) is 4.53. The fourth-order valence-corrected chi connectivity index (χ4v) is 5.46. The lowest BCUT2D eigenvalue weighted by atomic mass is 9.98. The number of benzene rings is 1. The highest BCUT2D eigenvalue weighted by molar-refractivity contribution is 7.21. The van der Waals surface area contributed by atoms with Crippen molar-refractivity contribution < 1.29 is 5.11 Å². The number of rotatable bonds is 2. The van der Waals surface area contributed by atoms with Gasteiger partial charge in [-0.15, -0.1) is 0 Å². The largest absolute Gasteiger partial charge is 0.507 e. The summed E-state index contributed by atoms with van der Waals surface area (Å²) in [5.74, 6) is 0.254. The van der Waals surface area contributed by atoms with E-state index in [0.29, 0.717) is 11.6 Å². The normalized spacial score (nSPS) is 21.1. The van der Waals surface area contributed by atoms with Crippen LogP contribution in [0.15, 0.2) is 18.5 Å². The predicted molar refractivity (Wildman–Crippen MR) is 110 cm³/mol. The second kappa shape index (κ2) is 5.55. The van der Waals surface area contributed by atoms with E-state index in [9.17, 15) is 5.11 Å². The van der Waals surface area contributed by atoms with Crippen molar-refractivity contribution in [2.75, 3.05) is 6.54 Å². The first-order valence-electron chi connectivity index (χ1n) is 9.78. The molecule has 3 aromatic heterocycles. The van der Waals surface area contributed by atoms with Gasteiger partial charge in [-0.2, -0.15) is 10.2 Å². The molecule has 1 saturated carbocycles. The molecular weight excluding hydrogens is 372 g/mol. The summed E-state index contributed by atoms with van der Waals surface area (Å²) in [6, 6.07) is 2.43. The number of phenolic OH excluding ortho intramolecular Hbond substituents is 1. The van der Waals surface area contributed by atoms with Gasteiger partial charge in [-0.3, -0.25) is 9.36 Å². The van der Waals surface area contributed by atoms with Gasteiger partial charge in [0.25, 0.3) is 0 Å². The maximum Gasteiger partial charge on any atom is 0.166 e. The zero-order chi connectivity index (χ0) is 19.0. The van der Waals surface area contributed by atoms with Gasteiger partial charge in [-0.05, 0) is 45.2 Å². The van der Waals surface area contributed by atoms with E-state index in [1.54, 1.807) is 16.0 Å². The molecule has 144 valence electrons. The number of aromatic hydroxyl groups is 1. The number of hydrogen-bond donors (Lipinski definition) is 2. The molecule has 1 aliphatic heterocycles. The third kappa shape index (κ3) is 2.41. The van der Waals surface area contributed by atoms with E-state index in [0.717, 1.165) is 56.8 Å². The molecule has 2 N–H and O–H groups in total. The van der Waals surface area contributed by atoms with Crippen molar-refractivity contribution in [2.24, 2.45) is 7.05 Å². The number of phenols is 1. The summed E-state index contributed by atoms with van der Waals surface area (Å²) in [6.07, 6.45) is 8.89. The Labute approximate surface area is 166 Å². The Bertz CT molecular complexity index is 1200. The van der Waals surface area contributed by atoms with Gasteiger partial charge in [-0.25, -0.2) is 4.98 Å². The minimum Gasteiger partial charge on any atom is -0.507 e. The van der Waals surface area contributed by atoms with Crippen LogP contribution in [0.1, 0.15) is 37.3 Å². The Balaban J connectivity index is 1.39. The molecule has 2 fully saturated rings. The lowest BCUT2D eigenvalue weighted by Gasteiger charge is -2.30. The van der Waals surface area contributed by atoms with Crippen LogP contribution in [0.4, 0.5) is 0 Å². The summed E-state index contributed by atoms with van der Waals surface area (Å²) in [5, 5.41) is 25.5. The molecule has 28 heavy (non-hydrogen) atoms. The van der Waals surface area contributed by atoms with Gasteiger partial charge in [0.15, 0.2) is 4.83 Å². The number of fused-ring (bicyclic) bond motifs is 2. The number of aryl methyl sites for hydroxylation is 2. The van der Waals surface area contributed by atoms with Crippen molar-refractivity contribution in [3.63, 3.8) is 0 Å². The van der Waals surface area contributed by atoms with Gasteiger partial charge < -0.3 is 10.4 Å². The number of piperidine rings is 1. The van der Waals surface area contributed by atoms with Crippen molar-refractivity contribution in [2.45, 2.75) is 44.2 Å². The standard InChI is InChI=1S/C20H22N6OS/c1-11-16-12(9-25(2)23-16)7-14(17(11)27)18-22-15-10-26(24-19(15)28-18)13-3-6-21-20(8-13)4-5-20/h7,9-10,13,21,27H,3-6,8H2,1-2H3/t13-/m1/s1. The Morgan fingerprint density at radius 2 is 2.14 bits per heavy atom. The maximum absolute atomic E-state index is 10.7. The van der Waals surface area contributed by atoms with E-state index in [2.05, 4.69) is 21.3 Å². The van der Waals surface area contributed by atoms with E-state index >= 15 is 0 Å². The monoisotopic (exact) mass is 394 g/mol. The zero-order valence-electron chi connectivity index (χ0n) is 15.9. The van der Waals surface area contributed by atoms with Gasteiger partial charge in [0.2, 0.25) is 0 Å². The molecule has 1 aromatic carbocycles. The van der Waals surface area contributed by atoms with E-state index in [-0.39, 0.29) is 5.75 Å². The van der Waals surface area contributed by atoms with Gasteiger partial charge in [0, 0.05) is 29.7 Å². The van der Waals surface area contributed by atoms with E-state index in [1.165, 1.54) is 12.8 Å². The molecule has 4 aromatic rings. The van der Waals surface area contributed by atoms with Crippen LogP contribution in [0.5, 0.6) is 5.75 Å². The van der Waals surface area contributed by atoms with Crippen LogP contribution in [0.25, 0.3) is 31.8 Å². The molecule has 6 rings (SSSR count). The molecule has 7 nitrogen and oxygen atoms in total. The Morgan fingerprint density at radius 1 is 1.29 bits per heavy atom. The second-order valence-electron chi connectivity index (χ2n) is 8.31. The van der Waals surface area contributed by atoms with Crippen molar-refractivity contribution in [3.05, 3.63) is 24.0 Å². The predicted octanol–water partition coefficient (Wildman–Crippen LogP) is 3.52. The third-order valence-electron chi connectivity index (χ3n) is 6.28. The summed E-state index contributed by atoms with van der Waals surface area (Å²) >= 11 is 1.54. The van der Waals surface area contributed by atoms with Crippen LogP contribution in [0, 0.1) is 6.92 Å². The first kappa shape index (κ1) is 16.5. The molecule has 1 aliphatic carbocycles. The summed E-state index contributed by atoms with van der Waals surface area (Å²) in [5.41, 5.74) is 3.66.